The number of amides is 1. The highest BCUT2D eigenvalue weighted by Gasteiger charge is 2.32. The van der Waals surface area contributed by atoms with E-state index in [1.807, 2.05) is 55.5 Å². The van der Waals surface area contributed by atoms with Crippen molar-refractivity contribution in [1.82, 2.24) is 9.80 Å². The van der Waals surface area contributed by atoms with Crippen LogP contribution in [-0.2, 0) is 4.79 Å². The number of nitrogens with two attached hydrogens (primary N) is 1. The number of β-amino-alcohol motifs (C(OH)–C–C–N with tert-alkyl or cyclic N) is 1. The van der Waals surface area contributed by atoms with Crippen LogP contribution in [-0.4, -0.2) is 72.4 Å². The van der Waals surface area contributed by atoms with Gasteiger partial charge in [-0.05, 0) is 24.6 Å². The molecule has 2 aliphatic rings. The first-order chi connectivity index (χ1) is 14.5. The molecule has 1 saturated heterocycles. The van der Waals surface area contributed by atoms with Gasteiger partial charge in [0.05, 0.1) is 0 Å². The molecule has 2 aromatic rings. The number of hydrogen-bond donors (Lipinski definition) is 2. The van der Waals surface area contributed by atoms with Crippen molar-refractivity contribution in [1.29, 1.82) is 0 Å². The zero-order valence-electron chi connectivity index (χ0n) is 17.2. The molecule has 7 heteroatoms. The molecule has 0 saturated carbocycles. The van der Waals surface area contributed by atoms with E-state index in [0.717, 1.165) is 24.2 Å². The van der Waals surface area contributed by atoms with E-state index in [0.29, 0.717) is 37.7 Å². The van der Waals surface area contributed by atoms with E-state index in [1.165, 1.54) is 0 Å². The highest BCUT2D eigenvalue weighted by Crippen LogP contribution is 2.31. The predicted octanol–water partition coefficient (Wildman–Crippen LogP) is 1.34. The highest BCUT2D eigenvalue weighted by atomic mass is 16.6. The second kappa shape index (κ2) is 9.04. The van der Waals surface area contributed by atoms with Crippen LogP contribution in [0.3, 0.4) is 0 Å². The van der Waals surface area contributed by atoms with Crippen LogP contribution in [0.4, 0.5) is 0 Å². The van der Waals surface area contributed by atoms with Crippen molar-refractivity contribution in [3.05, 3.63) is 59.7 Å². The topological polar surface area (TPSA) is 88.3 Å². The number of piperazine rings is 1. The van der Waals surface area contributed by atoms with Crippen molar-refractivity contribution in [2.75, 3.05) is 39.3 Å². The van der Waals surface area contributed by atoms with Gasteiger partial charge in [0, 0.05) is 32.7 Å². The number of hydrogen-bond acceptors (Lipinski definition) is 6. The number of nitrogens with zero attached hydrogens (tertiary/aromatic N) is 2. The molecule has 0 aromatic heterocycles. The molecule has 0 spiro atoms. The number of ether oxygens (including phenoxy) is 2. The van der Waals surface area contributed by atoms with Crippen LogP contribution < -0.4 is 15.2 Å². The number of fused-ring (bicyclic) bond motifs is 1. The molecule has 2 aliphatic heterocycles. The molecule has 7 nitrogen and oxygen atoms in total. The zero-order valence-corrected chi connectivity index (χ0v) is 17.2. The zero-order chi connectivity index (χ0) is 21.1. The van der Waals surface area contributed by atoms with E-state index in [1.54, 1.807) is 0 Å². The minimum Gasteiger partial charge on any atom is -0.486 e. The molecule has 1 amide bonds. The molecule has 30 heavy (non-hydrogen) atoms. The Hall–Kier alpha value is -2.61. The van der Waals surface area contributed by atoms with E-state index < -0.39 is 18.2 Å². The molecule has 0 radical (unpaired) electrons. The second-order valence-corrected chi connectivity index (χ2v) is 8.03. The lowest BCUT2D eigenvalue weighted by Gasteiger charge is -2.40. The number of carbonyl (C=O) groups is 1. The summed E-state index contributed by atoms with van der Waals surface area (Å²) < 4.78 is 11.6. The van der Waals surface area contributed by atoms with E-state index in [-0.39, 0.29) is 5.91 Å². The number of benzene rings is 2. The quantitative estimate of drug-likeness (QED) is 0.746. The van der Waals surface area contributed by atoms with Crippen LogP contribution in [0.2, 0.25) is 0 Å². The minimum atomic E-state index is -0.658. The van der Waals surface area contributed by atoms with Crippen LogP contribution in [0, 0.1) is 6.92 Å². The number of rotatable bonds is 6. The summed E-state index contributed by atoms with van der Waals surface area (Å²) in [6.07, 6.45) is -1.06. The Labute approximate surface area is 177 Å². The molecule has 0 bridgehead atoms. The predicted molar refractivity (Wildman–Crippen MR) is 113 cm³/mol. The van der Waals surface area contributed by atoms with E-state index in [2.05, 4.69) is 9.80 Å². The Morgan fingerprint density at radius 2 is 1.77 bits per heavy atom. The van der Waals surface area contributed by atoms with Crippen LogP contribution in [0.15, 0.2) is 48.5 Å². The number of para-hydroxylation sites is 2. The van der Waals surface area contributed by atoms with Crippen LogP contribution in [0.25, 0.3) is 0 Å². The second-order valence-electron chi connectivity index (χ2n) is 8.03. The summed E-state index contributed by atoms with van der Waals surface area (Å²) in [5, 5.41) is 10.7. The average molecular weight is 412 g/mol. The Bertz CT molecular complexity index is 865. The first-order valence-corrected chi connectivity index (χ1v) is 10.4. The first-order valence-electron chi connectivity index (χ1n) is 10.4. The van der Waals surface area contributed by atoms with Crippen molar-refractivity contribution in [3.63, 3.8) is 0 Å². The van der Waals surface area contributed by atoms with Gasteiger partial charge < -0.3 is 20.3 Å². The third-order valence-corrected chi connectivity index (χ3v) is 5.84. The molecular formula is C23H29N3O4. The van der Waals surface area contributed by atoms with Crippen molar-refractivity contribution in [2.45, 2.75) is 25.2 Å². The van der Waals surface area contributed by atoms with Gasteiger partial charge in [0.15, 0.2) is 17.6 Å². The fourth-order valence-electron chi connectivity index (χ4n) is 4.12. The molecule has 3 atom stereocenters. The van der Waals surface area contributed by atoms with Crippen LogP contribution >= 0.6 is 0 Å². The summed E-state index contributed by atoms with van der Waals surface area (Å²) in [4.78, 5) is 16.5. The number of carbonyl (C=O) groups excluding carboxylic acids is 1. The largest absolute Gasteiger partial charge is 0.486 e. The molecule has 1 fully saturated rings. The summed E-state index contributed by atoms with van der Waals surface area (Å²) in [6.45, 7) is 5.75. The van der Waals surface area contributed by atoms with Gasteiger partial charge in [0.2, 0.25) is 5.91 Å². The number of aryl methyl sites for hydroxylation is 1. The van der Waals surface area contributed by atoms with Gasteiger partial charge in [-0.2, -0.15) is 0 Å². The van der Waals surface area contributed by atoms with Crippen LogP contribution in [0.1, 0.15) is 17.2 Å². The van der Waals surface area contributed by atoms with E-state index in [9.17, 15) is 9.90 Å². The number of aliphatic hydroxyl groups excluding tert-OH is 1. The first kappa shape index (κ1) is 20.7. The summed E-state index contributed by atoms with van der Waals surface area (Å²) in [5.41, 5.74) is 7.80. The van der Waals surface area contributed by atoms with Gasteiger partial charge in [-0.1, -0.05) is 42.0 Å². The molecule has 2 heterocycles. The van der Waals surface area contributed by atoms with Gasteiger partial charge in [0.1, 0.15) is 18.8 Å². The third kappa shape index (κ3) is 4.59. The van der Waals surface area contributed by atoms with Gasteiger partial charge >= 0.3 is 0 Å². The Morgan fingerprint density at radius 3 is 2.43 bits per heavy atom. The lowest BCUT2D eigenvalue weighted by Crippen LogP contribution is -2.54. The Morgan fingerprint density at radius 1 is 1.10 bits per heavy atom. The molecule has 3 unspecified atom stereocenters. The molecule has 3 N–H and O–H groups in total. The van der Waals surface area contributed by atoms with Gasteiger partial charge in [-0.15, -0.1) is 0 Å². The average Bonchev–Trinajstić information content (AvgIpc) is 2.76. The molecular weight excluding hydrogens is 382 g/mol. The maximum absolute atomic E-state index is 12.1. The summed E-state index contributed by atoms with van der Waals surface area (Å²) in [6, 6.07) is 15.0. The molecule has 4 rings (SSSR count). The normalized spacial score (nSPS) is 21.7. The van der Waals surface area contributed by atoms with Crippen molar-refractivity contribution in [3.8, 4) is 11.5 Å². The summed E-state index contributed by atoms with van der Waals surface area (Å²) in [7, 11) is 0. The van der Waals surface area contributed by atoms with E-state index >= 15 is 0 Å². The molecule has 2 aromatic carbocycles. The smallest absolute Gasteiger partial charge is 0.239 e. The highest BCUT2D eigenvalue weighted by molar-refractivity contribution is 5.81. The molecule has 0 aliphatic carbocycles. The van der Waals surface area contributed by atoms with Crippen molar-refractivity contribution < 1.29 is 19.4 Å². The summed E-state index contributed by atoms with van der Waals surface area (Å²) in [5.74, 6) is 1.04. The Kier molecular flexibility index (Phi) is 6.22. The van der Waals surface area contributed by atoms with Gasteiger partial charge in [-0.3, -0.25) is 14.6 Å². The van der Waals surface area contributed by atoms with Crippen molar-refractivity contribution >= 4 is 5.91 Å². The summed E-state index contributed by atoms with van der Waals surface area (Å²) >= 11 is 0. The lowest BCUT2D eigenvalue weighted by atomic mass is 10.0. The maximum Gasteiger partial charge on any atom is 0.239 e. The fourth-order valence-corrected chi connectivity index (χ4v) is 4.12. The SMILES string of the molecule is Cc1ccc(C(C(N)=O)N2CCN(CC(O)C3COc4ccccc4O3)CC2)cc1. The number of primary amides is 1. The lowest BCUT2D eigenvalue weighted by molar-refractivity contribution is -0.124. The van der Waals surface area contributed by atoms with Gasteiger partial charge in [-0.25, -0.2) is 0 Å². The standard InChI is InChI=1S/C23H29N3O4/c1-16-6-8-17(9-7-16)22(23(24)28)26-12-10-25(11-13-26)14-18(27)21-15-29-19-4-2-3-5-20(19)30-21/h2-9,18,21-22,27H,10-15H2,1H3,(H2,24,28). The van der Waals surface area contributed by atoms with Crippen molar-refractivity contribution in [2.24, 2.45) is 5.73 Å². The fraction of sp³-hybridized carbons (Fsp3) is 0.435. The van der Waals surface area contributed by atoms with Crippen LogP contribution in [0.5, 0.6) is 11.5 Å². The monoisotopic (exact) mass is 411 g/mol. The minimum absolute atomic E-state index is 0.329. The van der Waals surface area contributed by atoms with E-state index in [4.69, 9.17) is 15.2 Å². The maximum atomic E-state index is 12.1. The van der Waals surface area contributed by atoms with Gasteiger partial charge in [0.25, 0.3) is 0 Å². The Balaban J connectivity index is 1.32. The third-order valence-electron chi connectivity index (χ3n) is 5.84. The molecule has 160 valence electrons. The number of aliphatic hydroxyl groups is 1.